The third-order valence-electron chi connectivity index (χ3n) is 5.63. The molecule has 0 bridgehead atoms. The van der Waals surface area contributed by atoms with E-state index in [9.17, 15) is 4.79 Å². The van der Waals surface area contributed by atoms with Crippen molar-refractivity contribution in [2.24, 2.45) is 0 Å². The molecule has 2 aliphatic rings. The van der Waals surface area contributed by atoms with Crippen LogP contribution >= 0.6 is 0 Å². The van der Waals surface area contributed by atoms with Crippen LogP contribution in [0.5, 0.6) is 5.75 Å². The molecule has 0 unspecified atom stereocenters. The average Bonchev–Trinajstić information content (AvgIpc) is 2.71. The quantitative estimate of drug-likeness (QED) is 0.567. The Balaban J connectivity index is 1.78. The number of methoxy groups -OCH3 is 1. The fourth-order valence-electron chi connectivity index (χ4n) is 3.84. The molecule has 0 saturated heterocycles. The van der Waals surface area contributed by atoms with Gasteiger partial charge in [0.2, 0.25) is 0 Å². The van der Waals surface area contributed by atoms with Crippen molar-refractivity contribution in [2.75, 3.05) is 13.7 Å². The number of esters is 1. The number of dihydropyridines is 1. The van der Waals surface area contributed by atoms with Gasteiger partial charge in [-0.1, -0.05) is 30.9 Å². The number of benzene rings is 1. The first-order valence-corrected chi connectivity index (χ1v) is 9.73. The van der Waals surface area contributed by atoms with Crippen LogP contribution < -0.4 is 10.1 Å². The maximum atomic E-state index is 12.6. The van der Waals surface area contributed by atoms with Crippen LogP contribution in [0.25, 0.3) is 0 Å². The van der Waals surface area contributed by atoms with Crippen molar-refractivity contribution in [3.05, 3.63) is 76.2 Å². The Morgan fingerprint density at radius 2 is 2.07 bits per heavy atom. The summed E-state index contributed by atoms with van der Waals surface area (Å²) in [4.78, 5) is 12.6. The van der Waals surface area contributed by atoms with Crippen molar-refractivity contribution in [1.29, 1.82) is 0 Å². The van der Waals surface area contributed by atoms with Crippen LogP contribution in [-0.2, 0) is 9.53 Å². The number of carbonyl (C=O) groups excluding carboxylic acids is 1. The summed E-state index contributed by atoms with van der Waals surface area (Å²) in [6.07, 6.45) is 4.28. The molecule has 0 amide bonds. The molecule has 1 aliphatic carbocycles. The first-order chi connectivity index (χ1) is 13.4. The van der Waals surface area contributed by atoms with Gasteiger partial charge in [-0.05, 0) is 67.9 Å². The second-order valence-corrected chi connectivity index (χ2v) is 7.52. The number of hydrogen-bond donors (Lipinski definition) is 1. The number of nitrogens with one attached hydrogen (secondary N) is 1. The first-order valence-electron chi connectivity index (χ1n) is 9.73. The van der Waals surface area contributed by atoms with Crippen LogP contribution in [0.1, 0.15) is 51.5 Å². The highest BCUT2D eigenvalue weighted by atomic mass is 16.5. The van der Waals surface area contributed by atoms with E-state index >= 15 is 0 Å². The first kappa shape index (κ1) is 20.0. The van der Waals surface area contributed by atoms with Crippen molar-refractivity contribution in [2.45, 2.75) is 46.0 Å². The van der Waals surface area contributed by atoms with E-state index in [-0.39, 0.29) is 5.97 Å². The summed E-state index contributed by atoms with van der Waals surface area (Å²) in [5.74, 6) is 0.974. The molecular formula is C24H29NO3. The maximum absolute atomic E-state index is 12.6. The van der Waals surface area contributed by atoms with Gasteiger partial charge in [0.15, 0.2) is 0 Å². The smallest absolute Gasteiger partial charge is 0.336 e. The zero-order chi connectivity index (χ0) is 20.3. The molecule has 1 aromatic rings. The van der Waals surface area contributed by atoms with E-state index in [0.717, 1.165) is 46.7 Å². The average molecular weight is 380 g/mol. The van der Waals surface area contributed by atoms with Crippen LogP contribution in [0.4, 0.5) is 0 Å². The minimum Gasteiger partial charge on any atom is -0.496 e. The highest BCUT2D eigenvalue weighted by Gasteiger charge is 2.32. The normalized spacial score (nSPS) is 19.9. The monoisotopic (exact) mass is 379 g/mol. The van der Waals surface area contributed by atoms with E-state index in [1.165, 1.54) is 5.56 Å². The second kappa shape index (κ2) is 8.51. The van der Waals surface area contributed by atoms with Crippen LogP contribution in [0.2, 0.25) is 0 Å². The Kier molecular flexibility index (Phi) is 6.08. The number of ether oxygens (including phenoxy) is 2. The lowest BCUT2D eigenvalue weighted by atomic mass is 9.77. The van der Waals surface area contributed by atoms with E-state index in [1.807, 2.05) is 45.0 Å². The Morgan fingerprint density at radius 1 is 1.32 bits per heavy atom. The van der Waals surface area contributed by atoms with E-state index in [1.54, 1.807) is 7.11 Å². The predicted molar refractivity (Wildman–Crippen MR) is 112 cm³/mol. The molecule has 0 saturated carbocycles. The van der Waals surface area contributed by atoms with Gasteiger partial charge in [0.05, 0.1) is 12.7 Å². The Morgan fingerprint density at radius 3 is 2.79 bits per heavy atom. The molecular weight excluding hydrogens is 350 g/mol. The zero-order valence-electron chi connectivity index (χ0n) is 17.2. The molecule has 1 atom stereocenters. The third kappa shape index (κ3) is 4.06. The maximum Gasteiger partial charge on any atom is 0.336 e. The molecule has 0 fully saturated rings. The number of para-hydroxylation sites is 1. The predicted octanol–water partition coefficient (Wildman–Crippen LogP) is 5.16. The van der Waals surface area contributed by atoms with E-state index < -0.39 is 0 Å². The molecule has 0 radical (unpaired) electrons. The van der Waals surface area contributed by atoms with Crippen molar-refractivity contribution in [1.82, 2.24) is 5.32 Å². The summed E-state index contributed by atoms with van der Waals surface area (Å²) < 4.78 is 11.0. The van der Waals surface area contributed by atoms with Crippen LogP contribution in [0.3, 0.4) is 0 Å². The minimum absolute atomic E-state index is 0.252. The summed E-state index contributed by atoms with van der Waals surface area (Å²) >= 11 is 0. The molecule has 148 valence electrons. The van der Waals surface area contributed by atoms with Crippen molar-refractivity contribution in [3.63, 3.8) is 0 Å². The van der Waals surface area contributed by atoms with Gasteiger partial charge in [-0.25, -0.2) is 4.79 Å². The lowest BCUT2D eigenvalue weighted by Gasteiger charge is -2.34. The van der Waals surface area contributed by atoms with Crippen LogP contribution in [-0.4, -0.2) is 19.7 Å². The summed E-state index contributed by atoms with van der Waals surface area (Å²) in [5, 5.41) is 3.46. The van der Waals surface area contributed by atoms with E-state index in [0.29, 0.717) is 24.5 Å². The summed E-state index contributed by atoms with van der Waals surface area (Å²) in [6.45, 7) is 10.5. The van der Waals surface area contributed by atoms with Crippen molar-refractivity contribution < 1.29 is 14.3 Å². The summed E-state index contributed by atoms with van der Waals surface area (Å²) in [6, 6.07) is 8.16. The Labute approximate surface area is 167 Å². The second-order valence-electron chi connectivity index (χ2n) is 7.52. The minimum atomic E-state index is -0.252. The van der Waals surface area contributed by atoms with E-state index in [4.69, 9.17) is 9.47 Å². The van der Waals surface area contributed by atoms with Gasteiger partial charge < -0.3 is 14.8 Å². The van der Waals surface area contributed by atoms with Gasteiger partial charge in [-0.2, -0.15) is 0 Å². The number of hydrogen-bond acceptors (Lipinski definition) is 4. The fraction of sp³-hybridized carbons (Fsp3) is 0.375. The molecule has 28 heavy (non-hydrogen) atoms. The summed E-state index contributed by atoms with van der Waals surface area (Å²) in [7, 11) is 1.71. The van der Waals surface area contributed by atoms with Gasteiger partial charge in [0.25, 0.3) is 0 Å². The lowest BCUT2D eigenvalue weighted by molar-refractivity contribution is -0.138. The topological polar surface area (TPSA) is 47.6 Å². The largest absolute Gasteiger partial charge is 0.496 e. The molecule has 1 heterocycles. The Bertz CT molecular complexity index is 889. The van der Waals surface area contributed by atoms with E-state index in [2.05, 4.69) is 18.0 Å². The fourth-order valence-corrected chi connectivity index (χ4v) is 3.84. The number of rotatable bonds is 5. The van der Waals surface area contributed by atoms with Crippen molar-refractivity contribution >= 4 is 5.97 Å². The highest BCUT2D eigenvalue weighted by molar-refractivity contribution is 5.90. The highest BCUT2D eigenvalue weighted by Crippen LogP contribution is 2.44. The van der Waals surface area contributed by atoms with Gasteiger partial charge >= 0.3 is 5.97 Å². The molecule has 1 N–H and O–H groups in total. The number of carbonyl (C=O) groups is 1. The standard InChI is InChI=1S/C24H29NO3/c1-6-15(2)14-28-24(26)21-13-20-16(3)11-18(12-22(20)25-17(21)4)19-9-7-8-10-23(19)27-5/h6-10,18,25H,3,11-14H2,1-2,4-5H3/b15-6+/t18-/m0/s1. The molecule has 1 aliphatic heterocycles. The molecule has 0 aromatic heterocycles. The van der Waals surface area contributed by atoms with Crippen molar-refractivity contribution in [3.8, 4) is 5.75 Å². The molecule has 4 nitrogen and oxygen atoms in total. The SMILES string of the molecule is C=C1C[C@H](c2ccccc2OC)CC2=C1CC(C(=O)OC/C(C)=C/C)=C(C)N2. The molecule has 0 spiro atoms. The lowest BCUT2D eigenvalue weighted by Crippen LogP contribution is -2.28. The van der Waals surface area contributed by atoms with Gasteiger partial charge in [-0.15, -0.1) is 0 Å². The van der Waals surface area contributed by atoms with Gasteiger partial charge in [0, 0.05) is 17.8 Å². The van der Waals surface area contributed by atoms with Gasteiger partial charge in [-0.3, -0.25) is 0 Å². The van der Waals surface area contributed by atoms with Crippen LogP contribution in [0, 0.1) is 0 Å². The van der Waals surface area contributed by atoms with Gasteiger partial charge in [0.1, 0.15) is 12.4 Å². The number of allylic oxidation sites excluding steroid dienone is 5. The molecule has 1 aromatic carbocycles. The van der Waals surface area contributed by atoms with Crippen LogP contribution in [0.15, 0.2) is 70.6 Å². The zero-order valence-corrected chi connectivity index (χ0v) is 17.2. The Hall–Kier alpha value is -2.75. The molecule has 4 heteroatoms. The third-order valence-corrected chi connectivity index (χ3v) is 5.63. The summed E-state index contributed by atoms with van der Waals surface area (Å²) in [5.41, 5.74) is 7.18. The molecule has 3 rings (SSSR count).